The van der Waals surface area contributed by atoms with Gasteiger partial charge in [-0.3, -0.25) is 9.97 Å². The van der Waals surface area contributed by atoms with Crippen molar-refractivity contribution in [3.05, 3.63) is 157 Å². The average molecular weight is 681 g/mol. The number of hydrogen-bond acceptors (Lipinski definition) is 4. The second-order valence-corrected chi connectivity index (χ2v) is 14.3. The Morgan fingerprint density at radius 3 is 1.04 bits per heavy atom. The van der Waals surface area contributed by atoms with Gasteiger partial charge in [-0.15, -0.1) is 0 Å². The van der Waals surface area contributed by atoms with Gasteiger partial charge < -0.3 is 0 Å². The molecular formula is C50H24N4. The van der Waals surface area contributed by atoms with Gasteiger partial charge in [-0.2, -0.15) is 10.5 Å². The zero-order chi connectivity index (χ0) is 35.7. The van der Waals surface area contributed by atoms with Gasteiger partial charge in [0, 0.05) is 35.9 Å². The second kappa shape index (κ2) is 10.5. The summed E-state index contributed by atoms with van der Waals surface area (Å²) in [5, 5.41) is 32.2. The minimum absolute atomic E-state index is 0.531. The average Bonchev–Trinajstić information content (AvgIpc) is 3.72. The van der Waals surface area contributed by atoms with Crippen LogP contribution in [0.1, 0.15) is 11.1 Å². The van der Waals surface area contributed by atoms with Crippen LogP contribution in [0.3, 0.4) is 0 Å². The maximum absolute atomic E-state index is 10.4. The molecule has 0 saturated carbocycles. The third kappa shape index (κ3) is 3.68. The first-order valence-electron chi connectivity index (χ1n) is 18.0. The van der Waals surface area contributed by atoms with Crippen molar-refractivity contribution in [1.29, 1.82) is 10.5 Å². The van der Waals surface area contributed by atoms with Crippen LogP contribution in [-0.4, -0.2) is 9.97 Å². The molecule has 2 aliphatic carbocycles. The number of pyridine rings is 2. The molecule has 0 unspecified atom stereocenters. The maximum atomic E-state index is 10.4. The van der Waals surface area contributed by atoms with Crippen LogP contribution in [0.25, 0.3) is 121 Å². The van der Waals surface area contributed by atoms with E-state index in [1.54, 1.807) is 24.8 Å². The Balaban J connectivity index is 1.30. The molecule has 0 N–H and O–H groups in total. The Bertz CT molecular complexity index is 3230. The van der Waals surface area contributed by atoms with Crippen LogP contribution >= 0.6 is 0 Å². The van der Waals surface area contributed by atoms with Crippen LogP contribution in [0.4, 0.5) is 0 Å². The van der Waals surface area contributed by atoms with E-state index in [-0.39, 0.29) is 0 Å². The minimum Gasteiger partial charge on any atom is -0.263 e. The lowest BCUT2D eigenvalue weighted by Gasteiger charge is -2.19. The highest BCUT2D eigenvalue weighted by Crippen LogP contribution is 2.54. The van der Waals surface area contributed by atoms with Gasteiger partial charge in [-0.05, 0) is 158 Å². The Morgan fingerprint density at radius 1 is 0.333 bits per heavy atom. The molecule has 0 atom stereocenters. The third-order valence-corrected chi connectivity index (χ3v) is 11.8. The summed E-state index contributed by atoms with van der Waals surface area (Å²) >= 11 is 0. The Morgan fingerprint density at radius 2 is 0.667 bits per heavy atom. The quantitative estimate of drug-likeness (QED) is 0.170. The van der Waals surface area contributed by atoms with Crippen LogP contribution in [0.15, 0.2) is 146 Å². The molecular weight excluding hydrogens is 657 g/mol. The van der Waals surface area contributed by atoms with Gasteiger partial charge in [-0.1, -0.05) is 72.8 Å². The second-order valence-electron chi connectivity index (χ2n) is 14.3. The Hall–Kier alpha value is -7.66. The number of hydrogen-bond donors (Lipinski definition) is 0. The van der Waals surface area contributed by atoms with Crippen LogP contribution in [0, 0.1) is 22.7 Å². The van der Waals surface area contributed by atoms with E-state index in [9.17, 15) is 10.5 Å². The lowest BCUT2D eigenvalue weighted by Crippen LogP contribution is -1.94. The van der Waals surface area contributed by atoms with Gasteiger partial charge in [0.25, 0.3) is 0 Å². The summed E-state index contributed by atoms with van der Waals surface area (Å²) in [5.74, 6) is 0. The number of rotatable bonds is 2. The van der Waals surface area contributed by atoms with E-state index in [1.165, 1.54) is 66.1 Å². The fourth-order valence-electron chi connectivity index (χ4n) is 9.49. The number of nitrogens with zero attached hydrogens (tertiary/aromatic N) is 4. The largest absolute Gasteiger partial charge is 0.263 e. The zero-order valence-corrected chi connectivity index (χ0v) is 28.6. The fraction of sp³-hybridized carbons (Fsp3) is 0. The molecule has 2 heterocycles. The first-order valence-corrected chi connectivity index (χ1v) is 18.0. The van der Waals surface area contributed by atoms with E-state index in [0.717, 1.165) is 54.6 Å². The van der Waals surface area contributed by atoms with E-state index in [4.69, 9.17) is 0 Å². The van der Waals surface area contributed by atoms with Gasteiger partial charge in [0.1, 0.15) is 12.1 Å². The van der Waals surface area contributed by atoms with Gasteiger partial charge in [0.2, 0.25) is 0 Å². The first-order chi connectivity index (χ1) is 26.7. The van der Waals surface area contributed by atoms with Gasteiger partial charge in [0.15, 0.2) is 0 Å². The van der Waals surface area contributed by atoms with E-state index in [2.05, 4.69) is 131 Å². The summed E-state index contributed by atoms with van der Waals surface area (Å²) in [7, 11) is 0. The number of nitriles is 2. The van der Waals surface area contributed by atoms with E-state index >= 15 is 0 Å². The van der Waals surface area contributed by atoms with E-state index in [1.807, 2.05) is 12.1 Å². The molecule has 0 spiro atoms. The summed E-state index contributed by atoms with van der Waals surface area (Å²) in [6, 6.07) is 48.9. The van der Waals surface area contributed by atoms with Crippen molar-refractivity contribution in [2.75, 3.05) is 0 Å². The van der Waals surface area contributed by atoms with Gasteiger partial charge in [-0.25, -0.2) is 0 Å². The van der Waals surface area contributed by atoms with Crippen molar-refractivity contribution >= 4 is 53.9 Å². The van der Waals surface area contributed by atoms with Crippen molar-refractivity contribution in [3.8, 4) is 78.9 Å². The van der Waals surface area contributed by atoms with Crippen molar-refractivity contribution in [3.63, 3.8) is 0 Å². The summed E-state index contributed by atoms with van der Waals surface area (Å²) in [6.45, 7) is 0. The predicted molar refractivity (Wildman–Crippen MR) is 219 cm³/mol. The first kappa shape index (κ1) is 29.0. The molecule has 0 fully saturated rings. The molecule has 244 valence electrons. The number of fused-ring (bicyclic) bond motifs is 11. The van der Waals surface area contributed by atoms with Crippen LogP contribution in [0.5, 0.6) is 0 Å². The molecule has 10 aromatic rings. The third-order valence-electron chi connectivity index (χ3n) is 11.8. The van der Waals surface area contributed by atoms with Crippen LogP contribution < -0.4 is 0 Å². The number of benzene rings is 8. The lowest BCUT2D eigenvalue weighted by molar-refractivity contribution is 1.30. The predicted octanol–water partition coefficient (Wildman–Crippen LogP) is 12.6. The molecule has 4 nitrogen and oxygen atoms in total. The highest BCUT2D eigenvalue weighted by molar-refractivity contribution is 6.29. The zero-order valence-electron chi connectivity index (χ0n) is 28.6. The standard InChI is InChI=1S/C50H24N4/c51-23-29-25-53-15-13-31(29)37-17-46-45(47-21-41-35-11-3-7-27-5-1-9-33(49(27)35)39(41)19-43(37)47)18-38(32-14-16-54-26-30(32)24-52)44-20-40-34-10-2-6-28-8-4-12-36(50(28)34)42(40)22-48(44)46/h1-22,25-26H. The number of aromatic nitrogens is 2. The van der Waals surface area contributed by atoms with Crippen molar-refractivity contribution in [1.82, 2.24) is 9.97 Å². The Labute approximate surface area is 309 Å². The fourth-order valence-corrected chi connectivity index (χ4v) is 9.49. The normalized spacial score (nSPS) is 12.0. The molecule has 0 radical (unpaired) electrons. The molecule has 2 aliphatic rings. The molecule has 4 heteroatoms. The molecule has 2 aromatic heterocycles. The SMILES string of the molecule is N#Cc1cnccc1-c1cc2c3cc4c(cc3c(-c3ccncc3C#N)cc2c2cc3c(cc12)-c1cccc2cccc-3c12)-c1cccc2cccc-4c12. The van der Waals surface area contributed by atoms with Gasteiger partial charge >= 0.3 is 0 Å². The van der Waals surface area contributed by atoms with Crippen molar-refractivity contribution in [2.45, 2.75) is 0 Å². The van der Waals surface area contributed by atoms with E-state index < -0.39 is 0 Å². The van der Waals surface area contributed by atoms with Crippen LogP contribution in [-0.2, 0) is 0 Å². The van der Waals surface area contributed by atoms with Crippen LogP contribution in [0.2, 0.25) is 0 Å². The molecule has 0 saturated heterocycles. The summed E-state index contributed by atoms with van der Waals surface area (Å²) in [6.07, 6.45) is 6.87. The highest BCUT2D eigenvalue weighted by atomic mass is 14.6. The van der Waals surface area contributed by atoms with Crippen molar-refractivity contribution < 1.29 is 0 Å². The molecule has 8 aromatic carbocycles. The minimum atomic E-state index is 0.531. The molecule has 54 heavy (non-hydrogen) atoms. The van der Waals surface area contributed by atoms with E-state index in [0.29, 0.717) is 11.1 Å². The highest BCUT2D eigenvalue weighted by Gasteiger charge is 2.27. The molecule has 12 rings (SSSR count). The Kier molecular flexibility index (Phi) is 5.61. The maximum Gasteiger partial charge on any atom is 0.101 e. The monoisotopic (exact) mass is 680 g/mol. The molecule has 0 aliphatic heterocycles. The molecule has 0 amide bonds. The molecule has 0 bridgehead atoms. The lowest BCUT2D eigenvalue weighted by atomic mass is 9.84. The van der Waals surface area contributed by atoms with Gasteiger partial charge in [0.05, 0.1) is 11.1 Å². The summed E-state index contributed by atoms with van der Waals surface area (Å²) in [4.78, 5) is 8.66. The topological polar surface area (TPSA) is 73.4 Å². The summed E-state index contributed by atoms with van der Waals surface area (Å²) < 4.78 is 0. The summed E-state index contributed by atoms with van der Waals surface area (Å²) in [5.41, 5.74) is 14.4. The smallest absolute Gasteiger partial charge is 0.101 e. The van der Waals surface area contributed by atoms with Crippen molar-refractivity contribution in [2.24, 2.45) is 0 Å².